The van der Waals surface area contributed by atoms with Crippen molar-refractivity contribution in [2.45, 2.75) is 138 Å². The Labute approximate surface area is 228 Å². The zero-order valence-corrected chi connectivity index (χ0v) is 25.9. The Balaban J connectivity index is 1.41. The zero-order valence-electron chi connectivity index (χ0n) is 25.9. The molecule has 4 heteroatoms. The van der Waals surface area contributed by atoms with Gasteiger partial charge < -0.3 is 10.2 Å². The van der Waals surface area contributed by atoms with E-state index in [1.54, 1.807) is 0 Å². The van der Waals surface area contributed by atoms with Gasteiger partial charge in [-0.25, -0.2) is 0 Å². The third-order valence-electron chi connectivity index (χ3n) is 12.0. The Morgan fingerprint density at radius 2 is 1.70 bits per heavy atom. The van der Waals surface area contributed by atoms with E-state index in [9.17, 15) is 9.59 Å². The van der Waals surface area contributed by atoms with Gasteiger partial charge in [0.15, 0.2) is 0 Å². The average Bonchev–Trinajstić information content (AvgIpc) is 3.11. The molecule has 4 fully saturated rings. The molecule has 9 atom stereocenters. The number of nitrogens with one attached hydrogen (secondary N) is 1. The highest BCUT2D eigenvalue weighted by atomic mass is 16.2. The first-order chi connectivity index (χ1) is 17.0. The fraction of sp³-hybridized carbons (Fsp3) is 0.939. The fourth-order valence-electron chi connectivity index (χ4n) is 10.8. The summed E-state index contributed by atoms with van der Waals surface area (Å²) in [7, 11) is 2.07. The molecule has 1 saturated heterocycles. The van der Waals surface area contributed by atoms with Crippen molar-refractivity contribution in [2.24, 2.45) is 51.8 Å². The van der Waals surface area contributed by atoms with Crippen LogP contribution in [0.2, 0.25) is 0 Å². The van der Waals surface area contributed by atoms with Gasteiger partial charge in [0.25, 0.3) is 0 Å². The Hall–Kier alpha value is -1.06. The third-order valence-corrected chi connectivity index (χ3v) is 12.0. The van der Waals surface area contributed by atoms with Crippen LogP contribution in [-0.2, 0) is 9.59 Å². The van der Waals surface area contributed by atoms with E-state index in [4.69, 9.17) is 0 Å². The van der Waals surface area contributed by atoms with Crippen molar-refractivity contribution >= 4 is 11.8 Å². The van der Waals surface area contributed by atoms with Crippen molar-refractivity contribution in [3.63, 3.8) is 0 Å². The molecule has 3 saturated carbocycles. The van der Waals surface area contributed by atoms with Crippen molar-refractivity contribution in [1.29, 1.82) is 0 Å². The number of hydrogen-bond acceptors (Lipinski definition) is 2. The van der Waals surface area contributed by atoms with Crippen molar-refractivity contribution in [3.05, 3.63) is 0 Å². The van der Waals surface area contributed by atoms with Gasteiger partial charge in [-0.05, 0) is 117 Å². The molecule has 4 nitrogen and oxygen atoms in total. The average molecular weight is 515 g/mol. The lowest BCUT2D eigenvalue weighted by molar-refractivity contribution is -0.167. The quantitative estimate of drug-likeness (QED) is 0.400. The van der Waals surface area contributed by atoms with E-state index in [0.29, 0.717) is 35.6 Å². The van der Waals surface area contributed by atoms with Crippen molar-refractivity contribution in [3.8, 4) is 0 Å². The molecule has 4 aliphatic rings. The first kappa shape index (κ1) is 28.9. The van der Waals surface area contributed by atoms with Crippen molar-refractivity contribution in [1.82, 2.24) is 10.2 Å². The van der Waals surface area contributed by atoms with Crippen LogP contribution in [0.15, 0.2) is 0 Å². The predicted molar refractivity (Wildman–Crippen MR) is 153 cm³/mol. The van der Waals surface area contributed by atoms with E-state index in [0.717, 1.165) is 49.4 Å². The maximum absolute atomic E-state index is 12.9. The molecule has 37 heavy (non-hydrogen) atoms. The molecule has 1 aliphatic heterocycles. The highest BCUT2D eigenvalue weighted by molar-refractivity contribution is 5.77. The van der Waals surface area contributed by atoms with E-state index in [1.165, 1.54) is 32.1 Å². The second-order valence-electron chi connectivity index (χ2n) is 16.4. The number of hydrogen-bond donors (Lipinski definition) is 1. The van der Waals surface area contributed by atoms with Crippen LogP contribution >= 0.6 is 0 Å². The van der Waals surface area contributed by atoms with Crippen LogP contribution in [0.1, 0.15) is 127 Å². The molecular weight excluding hydrogens is 456 g/mol. The summed E-state index contributed by atoms with van der Waals surface area (Å²) in [6.45, 7) is 21.1. The summed E-state index contributed by atoms with van der Waals surface area (Å²) in [6.07, 6.45) is 11.0. The van der Waals surface area contributed by atoms with Crippen LogP contribution in [0.5, 0.6) is 0 Å². The lowest BCUT2D eigenvalue weighted by Gasteiger charge is -2.64. The van der Waals surface area contributed by atoms with Crippen LogP contribution in [0, 0.1) is 51.8 Å². The van der Waals surface area contributed by atoms with Crippen LogP contribution in [-0.4, -0.2) is 35.3 Å². The minimum Gasteiger partial charge on any atom is -0.351 e. The summed E-state index contributed by atoms with van der Waals surface area (Å²) >= 11 is 0. The first-order valence-electron chi connectivity index (χ1n) is 15.6. The lowest BCUT2D eigenvalue weighted by Crippen LogP contribution is -2.63. The third kappa shape index (κ3) is 5.38. The van der Waals surface area contributed by atoms with Gasteiger partial charge in [0, 0.05) is 31.5 Å². The Morgan fingerprint density at radius 1 is 1.05 bits per heavy atom. The maximum Gasteiger partial charge on any atom is 0.222 e. The summed E-state index contributed by atoms with van der Waals surface area (Å²) in [5.74, 6) is 4.92. The van der Waals surface area contributed by atoms with Gasteiger partial charge in [-0.1, -0.05) is 48.5 Å². The van der Waals surface area contributed by atoms with Gasteiger partial charge in [-0.2, -0.15) is 0 Å². The van der Waals surface area contributed by atoms with E-state index in [-0.39, 0.29) is 22.3 Å². The number of amides is 2. The number of rotatable bonds is 6. The monoisotopic (exact) mass is 514 g/mol. The molecule has 1 unspecified atom stereocenters. The zero-order chi connectivity index (χ0) is 27.6. The molecule has 0 aromatic rings. The molecule has 0 aromatic heterocycles. The van der Waals surface area contributed by atoms with Gasteiger partial charge in [0.2, 0.25) is 11.8 Å². The minimum atomic E-state index is -0.162. The summed E-state index contributed by atoms with van der Waals surface area (Å²) in [6, 6.07) is 0.423. The van der Waals surface area contributed by atoms with Gasteiger partial charge >= 0.3 is 0 Å². The van der Waals surface area contributed by atoms with Crippen LogP contribution in [0.4, 0.5) is 0 Å². The van der Waals surface area contributed by atoms with E-state index >= 15 is 0 Å². The number of carbonyl (C=O) groups excluding carboxylic acids is 2. The summed E-state index contributed by atoms with van der Waals surface area (Å²) in [5, 5.41) is 3.34. The predicted octanol–water partition coefficient (Wildman–Crippen LogP) is 7.46. The molecule has 0 bridgehead atoms. The second kappa shape index (κ2) is 9.84. The summed E-state index contributed by atoms with van der Waals surface area (Å²) in [5.41, 5.74) is 0.718. The molecule has 2 amide bonds. The SMILES string of the molecule is CC1C[C@H]2N(C)C(=O)CC[C@]2(C)[C@H]2CC[C@]3(C)[C@@H]([C@H](C)CCC(=O)NC(C)(C)CC(C)(C)C)CC[C@H]3[C@H]12. The van der Waals surface area contributed by atoms with Crippen molar-refractivity contribution in [2.75, 3.05) is 7.05 Å². The smallest absolute Gasteiger partial charge is 0.222 e. The van der Waals surface area contributed by atoms with Gasteiger partial charge in [0.1, 0.15) is 0 Å². The Bertz CT molecular complexity index is 874. The number of carbonyl (C=O) groups is 2. The first-order valence-corrected chi connectivity index (χ1v) is 15.6. The molecule has 1 heterocycles. The minimum absolute atomic E-state index is 0.162. The molecule has 3 aliphatic carbocycles. The molecule has 1 N–H and O–H groups in total. The molecule has 0 radical (unpaired) electrons. The lowest BCUT2D eigenvalue weighted by atomic mass is 9.44. The van der Waals surface area contributed by atoms with E-state index in [1.807, 2.05) is 0 Å². The molecule has 212 valence electrons. The van der Waals surface area contributed by atoms with Crippen LogP contribution in [0.25, 0.3) is 0 Å². The highest BCUT2D eigenvalue weighted by Gasteiger charge is 2.63. The summed E-state index contributed by atoms with van der Waals surface area (Å²) in [4.78, 5) is 27.6. The van der Waals surface area contributed by atoms with Gasteiger partial charge in [-0.3, -0.25) is 9.59 Å². The normalized spacial score (nSPS) is 41.0. The van der Waals surface area contributed by atoms with E-state index in [2.05, 4.69) is 79.6 Å². The summed E-state index contributed by atoms with van der Waals surface area (Å²) < 4.78 is 0. The van der Waals surface area contributed by atoms with Gasteiger partial charge in [0.05, 0.1) is 0 Å². The number of piperidine rings is 1. The molecule has 4 rings (SSSR count). The number of likely N-dealkylation sites (tertiary alicyclic amines) is 1. The standard InChI is InChI=1S/C33H58N2O2/c1-21(11-14-27(36)34-31(6,7)20-30(3,4)5)23-12-13-24-29-22(2)19-26-33(9,18-16-28(37)35(26)10)25(29)15-17-32(23,24)8/h21-26,29H,11-20H2,1-10H3,(H,34,36)/t21-,22?,23-,24+,25+,26-,29+,32-,33-/m1/s1. The fourth-order valence-corrected chi connectivity index (χ4v) is 10.8. The highest BCUT2D eigenvalue weighted by Crippen LogP contribution is 2.68. The van der Waals surface area contributed by atoms with E-state index < -0.39 is 0 Å². The number of fused-ring (bicyclic) bond motifs is 5. The molecule has 0 aromatic carbocycles. The maximum atomic E-state index is 12.9. The molecular formula is C33H58N2O2. The topological polar surface area (TPSA) is 49.4 Å². The van der Waals surface area contributed by atoms with Crippen LogP contribution in [0.3, 0.4) is 0 Å². The number of nitrogens with zero attached hydrogens (tertiary/aromatic N) is 1. The van der Waals surface area contributed by atoms with Gasteiger partial charge in [-0.15, -0.1) is 0 Å². The second-order valence-corrected chi connectivity index (χ2v) is 16.4. The molecule has 0 spiro atoms. The Kier molecular flexibility index (Phi) is 7.70. The Morgan fingerprint density at radius 3 is 2.35 bits per heavy atom. The largest absolute Gasteiger partial charge is 0.351 e. The van der Waals surface area contributed by atoms with Crippen molar-refractivity contribution < 1.29 is 9.59 Å². The van der Waals surface area contributed by atoms with Crippen LogP contribution < -0.4 is 5.32 Å².